The number of rotatable bonds is 8. The highest BCUT2D eigenvalue weighted by Gasteiger charge is 2.35. The van der Waals surface area contributed by atoms with E-state index in [2.05, 4.69) is 0 Å². The average Bonchev–Trinajstić information content (AvgIpc) is 3.42. The number of amides is 2. The molecule has 1 aromatic carbocycles. The molecule has 1 fully saturated rings. The van der Waals surface area contributed by atoms with Gasteiger partial charge in [-0.25, -0.2) is 4.39 Å². The standard InChI is InChI=1S/C22H27FN2O2S/c1-15(2)25(22(27)18-7-8-18)14-21(26)24(13-20-11-4-16(3)28-20)12-17-5-9-19(23)10-6-17/h4-6,9-11,15,18H,7-8,12-14H2,1-3H3. The summed E-state index contributed by atoms with van der Waals surface area (Å²) >= 11 is 1.66. The molecule has 1 aromatic heterocycles. The Morgan fingerprint density at radius 2 is 1.79 bits per heavy atom. The summed E-state index contributed by atoms with van der Waals surface area (Å²) < 4.78 is 13.2. The third kappa shape index (κ3) is 5.41. The predicted octanol–water partition coefficient (Wildman–Crippen LogP) is 4.37. The van der Waals surface area contributed by atoms with Crippen molar-refractivity contribution in [1.29, 1.82) is 0 Å². The molecule has 2 amide bonds. The minimum absolute atomic E-state index is 0.0197. The molecular weight excluding hydrogens is 375 g/mol. The molecule has 1 saturated carbocycles. The Kier molecular flexibility index (Phi) is 6.50. The summed E-state index contributed by atoms with van der Waals surface area (Å²) in [5.41, 5.74) is 0.868. The van der Waals surface area contributed by atoms with Gasteiger partial charge in [-0.2, -0.15) is 0 Å². The molecule has 1 aliphatic rings. The molecule has 0 unspecified atom stereocenters. The molecule has 4 nitrogen and oxygen atoms in total. The second kappa shape index (κ2) is 8.86. The van der Waals surface area contributed by atoms with Crippen LogP contribution in [0.4, 0.5) is 4.39 Å². The summed E-state index contributed by atoms with van der Waals surface area (Å²) in [5, 5.41) is 0. The normalized spacial score (nSPS) is 13.6. The number of hydrogen-bond donors (Lipinski definition) is 0. The van der Waals surface area contributed by atoms with Crippen LogP contribution in [0.25, 0.3) is 0 Å². The van der Waals surface area contributed by atoms with Gasteiger partial charge >= 0.3 is 0 Å². The first-order valence-electron chi connectivity index (χ1n) is 9.71. The van der Waals surface area contributed by atoms with E-state index in [-0.39, 0.29) is 36.1 Å². The van der Waals surface area contributed by atoms with Crippen molar-refractivity contribution in [2.45, 2.75) is 52.7 Å². The van der Waals surface area contributed by atoms with Gasteiger partial charge in [-0.1, -0.05) is 12.1 Å². The molecule has 0 bridgehead atoms. The number of thiophene rings is 1. The number of carbonyl (C=O) groups is 2. The lowest BCUT2D eigenvalue weighted by Gasteiger charge is -2.30. The monoisotopic (exact) mass is 402 g/mol. The van der Waals surface area contributed by atoms with Crippen molar-refractivity contribution in [1.82, 2.24) is 9.80 Å². The van der Waals surface area contributed by atoms with E-state index in [1.807, 2.05) is 32.9 Å². The average molecular weight is 403 g/mol. The van der Waals surface area contributed by atoms with Crippen molar-refractivity contribution in [3.63, 3.8) is 0 Å². The Balaban J connectivity index is 1.76. The fraction of sp³-hybridized carbons (Fsp3) is 0.455. The van der Waals surface area contributed by atoms with E-state index in [4.69, 9.17) is 0 Å². The van der Waals surface area contributed by atoms with E-state index in [9.17, 15) is 14.0 Å². The van der Waals surface area contributed by atoms with Crippen LogP contribution in [0.5, 0.6) is 0 Å². The Labute approximate surface area is 170 Å². The highest BCUT2D eigenvalue weighted by Crippen LogP contribution is 2.31. The fourth-order valence-electron chi connectivity index (χ4n) is 3.13. The first-order valence-corrected chi connectivity index (χ1v) is 10.5. The van der Waals surface area contributed by atoms with Crippen LogP contribution in [0.15, 0.2) is 36.4 Å². The van der Waals surface area contributed by atoms with Gasteiger partial charge in [0.2, 0.25) is 11.8 Å². The summed E-state index contributed by atoms with van der Waals surface area (Å²) in [6.45, 7) is 6.88. The van der Waals surface area contributed by atoms with Crippen LogP contribution in [-0.2, 0) is 22.7 Å². The summed E-state index contributed by atoms with van der Waals surface area (Å²) in [6, 6.07) is 10.3. The van der Waals surface area contributed by atoms with Crippen molar-refractivity contribution in [3.8, 4) is 0 Å². The number of benzene rings is 1. The molecule has 1 aliphatic carbocycles. The van der Waals surface area contributed by atoms with Crippen molar-refractivity contribution in [3.05, 3.63) is 57.5 Å². The van der Waals surface area contributed by atoms with Crippen LogP contribution in [0.1, 0.15) is 42.0 Å². The van der Waals surface area contributed by atoms with Gasteiger partial charge in [0.25, 0.3) is 0 Å². The first kappa shape index (κ1) is 20.5. The zero-order valence-electron chi connectivity index (χ0n) is 16.7. The molecule has 0 atom stereocenters. The summed E-state index contributed by atoms with van der Waals surface area (Å²) in [5.74, 6) is -0.215. The zero-order chi connectivity index (χ0) is 20.3. The quantitative estimate of drug-likeness (QED) is 0.658. The minimum Gasteiger partial charge on any atom is -0.332 e. The summed E-state index contributed by atoms with van der Waals surface area (Å²) in [6.07, 6.45) is 1.84. The third-order valence-corrected chi connectivity index (χ3v) is 5.91. The van der Waals surface area contributed by atoms with E-state index in [1.165, 1.54) is 17.0 Å². The van der Waals surface area contributed by atoms with Crippen molar-refractivity contribution < 1.29 is 14.0 Å². The summed E-state index contributed by atoms with van der Waals surface area (Å²) in [7, 11) is 0. The van der Waals surface area contributed by atoms with Gasteiger partial charge in [-0.15, -0.1) is 11.3 Å². The smallest absolute Gasteiger partial charge is 0.242 e. The maximum absolute atomic E-state index is 13.2. The Morgan fingerprint density at radius 3 is 2.32 bits per heavy atom. The lowest BCUT2D eigenvalue weighted by molar-refractivity contribution is -0.143. The van der Waals surface area contributed by atoms with Crippen LogP contribution in [-0.4, -0.2) is 34.2 Å². The van der Waals surface area contributed by atoms with Gasteiger partial charge in [0.05, 0.1) is 6.54 Å². The molecule has 6 heteroatoms. The lowest BCUT2D eigenvalue weighted by Crippen LogP contribution is -2.46. The zero-order valence-corrected chi connectivity index (χ0v) is 17.5. The highest BCUT2D eigenvalue weighted by molar-refractivity contribution is 7.11. The fourth-order valence-corrected chi connectivity index (χ4v) is 4.03. The van der Waals surface area contributed by atoms with Crippen LogP contribution in [0.3, 0.4) is 0 Å². The Hall–Kier alpha value is -2.21. The highest BCUT2D eigenvalue weighted by atomic mass is 32.1. The van der Waals surface area contributed by atoms with Gasteiger partial charge in [0.15, 0.2) is 0 Å². The SMILES string of the molecule is Cc1ccc(CN(Cc2ccc(F)cc2)C(=O)CN(C(=O)C2CC2)C(C)C)s1. The molecule has 1 heterocycles. The molecule has 0 N–H and O–H groups in total. The number of carbonyl (C=O) groups excluding carboxylic acids is 2. The number of aryl methyl sites for hydroxylation is 1. The van der Waals surface area contributed by atoms with E-state index >= 15 is 0 Å². The van der Waals surface area contributed by atoms with E-state index in [1.54, 1.807) is 33.3 Å². The Bertz CT molecular complexity index is 827. The molecular formula is C22H27FN2O2S. The number of hydrogen-bond acceptors (Lipinski definition) is 3. The van der Waals surface area contributed by atoms with Crippen molar-refractivity contribution >= 4 is 23.2 Å². The maximum atomic E-state index is 13.2. The number of halogens is 1. The van der Waals surface area contributed by atoms with Gasteiger partial charge in [-0.3, -0.25) is 9.59 Å². The van der Waals surface area contributed by atoms with E-state index in [0.717, 1.165) is 23.3 Å². The molecule has 150 valence electrons. The summed E-state index contributed by atoms with van der Waals surface area (Å²) in [4.78, 5) is 31.5. The number of nitrogens with zero attached hydrogens (tertiary/aromatic N) is 2. The molecule has 0 spiro atoms. The van der Waals surface area contributed by atoms with Gasteiger partial charge in [-0.05, 0) is 63.4 Å². The van der Waals surface area contributed by atoms with Crippen LogP contribution in [0.2, 0.25) is 0 Å². The van der Waals surface area contributed by atoms with E-state index in [0.29, 0.717) is 13.1 Å². The van der Waals surface area contributed by atoms with Crippen LogP contribution < -0.4 is 0 Å². The Morgan fingerprint density at radius 1 is 1.11 bits per heavy atom. The van der Waals surface area contributed by atoms with Gasteiger partial charge in [0, 0.05) is 28.3 Å². The molecule has 0 aliphatic heterocycles. The minimum atomic E-state index is -0.295. The second-order valence-corrected chi connectivity index (χ2v) is 9.10. The lowest BCUT2D eigenvalue weighted by atomic mass is 10.2. The maximum Gasteiger partial charge on any atom is 0.242 e. The third-order valence-electron chi connectivity index (χ3n) is 4.92. The van der Waals surface area contributed by atoms with Crippen molar-refractivity contribution in [2.24, 2.45) is 5.92 Å². The second-order valence-electron chi connectivity index (χ2n) is 7.72. The van der Waals surface area contributed by atoms with Gasteiger partial charge in [0.1, 0.15) is 12.4 Å². The largest absolute Gasteiger partial charge is 0.332 e. The molecule has 0 radical (unpaired) electrons. The topological polar surface area (TPSA) is 40.6 Å². The van der Waals surface area contributed by atoms with E-state index < -0.39 is 0 Å². The van der Waals surface area contributed by atoms with Crippen LogP contribution in [0, 0.1) is 18.7 Å². The van der Waals surface area contributed by atoms with Crippen LogP contribution >= 0.6 is 11.3 Å². The van der Waals surface area contributed by atoms with Crippen molar-refractivity contribution in [2.75, 3.05) is 6.54 Å². The molecule has 0 saturated heterocycles. The molecule has 2 aromatic rings. The molecule has 28 heavy (non-hydrogen) atoms. The molecule has 3 rings (SSSR count). The predicted molar refractivity (Wildman–Crippen MR) is 109 cm³/mol. The van der Waals surface area contributed by atoms with Gasteiger partial charge < -0.3 is 9.80 Å². The first-order chi connectivity index (χ1) is 13.3.